The van der Waals surface area contributed by atoms with Crippen LogP contribution in [-0.2, 0) is 16.6 Å². The Hall–Kier alpha value is -2.28. The van der Waals surface area contributed by atoms with Crippen molar-refractivity contribution in [2.24, 2.45) is 5.92 Å². The van der Waals surface area contributed by atoms with Crippen LogP contribution in [0.3, 0.4) is 0 Å². The molecule has 1 amide bonds. The molecule has 1 aromatic heterocycles. The second kappa shape index (κ2) is 8.12. The summed E-state index contributed by atoms with van der Waals surface area (Å²) in [6.45, 7) is 2.09. The molecule has 2 bridgehead atoms. The molecule has 3 fully saturated rings. The number of rotatable bonds is 5. The highest BCUT2D eigenvalue weighted by Gasteiger charge is 2.73. The summed E-state index contributed by atoms with van der Waals surface area (Å²) in [6.07, 6.45) is 10.5. The molecule has 2 aromatic rings. The third kappa shape index (κ3) is 3.19. The summed E-state index contributed by atoms with van der Waals surface area (Å²) in [5, 5.41) is 12.5. The highest BCUT2D eigenvalue weighted by atomic mass is 35.5. The fourth-order valence-electron chi connectivity index (χ4n) is 7.64. The van der Waals surface area contributed by atoms with E-state index >= 15 is 0 Å². The second-order valence-corrected chi connectivity index (χ2v) is 11.0. The Morgan fingerprint density at radius 2 is 2.09 bits per heavy atom. The molecule has 5 aliphatic rings. The molecule has 1 N–H and O–H groups in total. The van der Waals surface area contributed by atoms with Crippen LogP contribution in [0.15, 0.2) is 47.1 Å². The number of carbonyl (C=O) groups is 1. The first-order valence-corrected chi connectivity index (χ1v) is 12.7. The van der Waals surface area contributed by atoms with Crippen molar-refractivity contribution in [1.29, 1.82) is 0 Å². The van der Waals surface area contributed by atoms with Gasteiger partial charge in [-0.2, -0.15) is 0 Å². The molecule has 2 aliphatic heterocycles. The number of hydrogen-bond donors (Lipinski definition) is 1. The van der Waals surface area contributed by atoms with Crippen molar-refractivity contribution < 1.29 is 19.1 Å². The van der Waals surface area contributed by atoms with Gasteiger partial charge < -0.3 is 19.2 Å². The van der Waals surface area contributed by atoms with E-state index in [0.29, 0.717) is 12.2 Å². The van der Waals surface area contributed by atoms with E-state index in [9.17, 15) is 9.90 Å². The van der Waals surface area contributed by atoms with E-state index < -0.39 is 11.0 Å². The predicted molar refractivity (Wildman–Crippen MR) is 135 cm³/mol. The average molecular weight is 497 g/mol. The van der Waals surface area contributed by atoms with Crippen LogP contribution in [0.1, 0.15) is 49.0 Å². The fraction of sp³-hybridized carbons (Fsp3) is 0.536. The first-order chi connectivity index (χ1) is 16.5. The van der Waals surface area contributed by atoms with Gasteiger partial charge in [0.15, 0.2) is 0 Å². The maximum Gasteiger partial charge on any atom is 0.246 e. The molecular weight excluding hydrogens is 464 g/mol. The molecule has 3 aliphatic carbocycles. The number of hydrogen-bond acceptors (Lipinski definition) is 5. The molecule has 7 heteroatoms. The summed E-state index contributed by atoms with van der Waals surface area (Å²) >= 11 is 0. The van der Waals surface area contributed by atoms with Crippen LogP contribution in [0.4, 0.5) is 0 Å². The molecule has 2 saturated carbocycles. The van der Waals surface area contributed by atoms with Crippen molar-refractivity contribution in [3.8, 4) is 5.75 Å². The maximum atomic E-state index is 13.2. The van der Waals surface area contributed by atoms with E-state index in [-0.39, 0.29) is 36.5 Å². The van der Waals surface area contributed by atoms with Crippen LogP contribution >= 0.6 is 12.4 Å². The van der Waals surface area contributed by atoms with Crippen LogP contribution in [0, 0.1) is 5.92 Å². The van der Waals surface area contributed by atoms with Crippen LogP contribution in [-0.4, -0.2) is 64.7 Å². The summed E-state index contributed by atoms with van der Waals surface area (Å²) in [6, 6.07) is 10.0. The number of piperidine rings is 1. The lowest BCUT2D eigenvalue weighted by Crippen LogP contribution is -2.78. The minimum atomic E-state index is -0.825. The summed E-state index contributed by atoms with van der Waals surface area (Å²) < 4.78 is 12.0. The number of carbonyl (C=O) groups excluding carboxylic acids is 1. The van der Waals surface area contributed by atoms with Crippen LogP contribution in [0.25, 0.3) is 6.08 Å². The summed E-state index contributed by atoms with van der Waals surface area (Å²) in [5.74, 6) is 2.29. The molecule has 1 aromatic carbocycles. The number of halogens is 1. The maximum absolute atomic E-state index is 13.2. The van der Waals surface area contributed by atoms with E-state index in [1.165, 1.54) is 24.0 Å². The Morgan fingerprint density at radius 1 is 1.23 bits per heavy atom. The number of ether oxygens (including phenoxy) is 1. The number of amides is 1. The monoisotopic (exact) mass is 496 g/mol. The van der Waals surface area contributed by atoms with Crippen molar-refractivity contribution >= 4 is 24.4 Å². The number of aliphatic hydroxyl groups is 1. The van der Waals surface area contributed by atoms with Crippen LogP contribution < -0.4 is 4.74 Å². The minimum absolute atomic E-state index is 0. The SMILES string of the molecule is CN(C(=O)/C=C/c1ccco1)[C@H]1CC[C@@]2(O)[C@H]3Cc4cccc5c4[C@@]2(CCN3CC2CC2)[C@H]1O5.Cl. The van der Waals surface area contributed by atoms with Crippen molar-refractivity contribution in [3.63, 3.8) is 0 Å². The topological polar surface area (TPSA) is 66.2 Å². The quantitative estimate of drug-likeness (QED) is 0.638. The van der Waals surface area contributed by atoms with Gasteiger partial charge in [0.2, 0.25) is 5.91 Å². The number of likely N-dealkylation sites (N-methyl/N-ethyl adjacent to an activating group) is 1. The molecular formula is C28H33ClN2O4. The molecule has 1 saturated heterocycles. The van der Waals surface area contributed by atoms with Gasteiger partial charge in [0.1, 0.15) is 17.6 Å². The molecule has 6 nitrogen and oxygen atoms in total. The molecule has 7 rings (SSSR count). The Morgan fingerprint density at radius 3 is 2.86 bits per heavy atom. The van der Waals surface area contributed by atoms with Gasteiger partial charge in [-0.25, -0.2) is 0 Å². The van der Waals surface area contributed by atoms with Gasteiger partial charge >= 0.3 is 0 Å². The number of likely N-dealkylation sites (tertiary alicyclic amines) is 1. The molecule has 0 radical (unpaired) electrons. The van der Waals surface area contributed by atoms with Gasteiger partial charge in [-0.05, 0) is 80.8 Å². The number of furan rings is 1. The lowest BCUT2D eigenvalue weighted by atomic mass is 9.48. The van der Waals surface area contributed by atoms with Gasteiger partial charge in [-0.1, -0.05) is 12.1 Å². The zero-order chi connectivity index (χ0) is 23.1. The van der Waals surface area contributed by atoms with Crippen molar-refractivity contribution in [2.75, 3.05) is 20.1 Å². The molecule has 1 spiro atoms. The third-order valence-corrected chi connectivity index (χ3v) is 9.41. The van der Waals surface area contributed by atoms with Gasteiger partial charge in [-0.3, -0.25) is 9.69 Å². The summed E-state index contributed by atoms with van der Waals surface area (Å²) in [4.78, 5) is 17.6. The Balaban J connectivity index is 0.00000229. The standard InChI is InChI=1S/C28H32N2O4.ClH/c1-29(24(31)10-9-20-5-3-15-33-20)21-11-12-28(32)23-16-19-4-2-6-22-25(19)27(28,26(21)34-22)13-14-30(23)17-18-7-8-18;/h2-6,9-10,15,18,21,23,26,32H,7-8,11-14,16-17H2,1H3;1H/b10-9+;/t21-,23+,26-,27-,28+;/m0./s1. The zero-order valence-corrected chi connectivity index (χ0v) is 20.9. The molecule has 0 unspecified atom stereocenters. The minimum Gasteiger partial charge on any atom is -0.487 e. The van der Waals surface area contributed by atoms with E-state index in [4.69, 9.17) is 9.15 Å². The molecule has 3 heterocycles. The van der Waals surface area contributed by atoms with E-state index in [1.54, 1.807) is 18.4 Å². The average Bonchev–Trinajstić information content (AvgIpc) is 3.35. The number of nitrogens with zero attached hydrogens (tertiary/aromatic N) is 2. The van der Waals surface area contributed by atoms with Gasteiger partial charge in [0.05, 0.1) is 23.3 Å². The van der Waals surface area contributed by atoms with Crippen molar-refractivity contribution in [1.82, 2.24) is 9.80 Å². The fourth-order valence-corrected chi connectivity index (χ4v) is 7.64. The molecule has 5 atom stereocenters. The van der Waals surface area contributed by atoms with E-state index in [0.717, 1.165) is 44.0 Å². The smallest absolute Gasteiger partial charge is 0.246 e. The lowest BCUT2D eigenvalue weighted by Gasteiger charge is -2.64. The largest absolute Gasteiger partial charge is 0.487 e. The Bertz CT molecular complexity index is 1160. The molecule has 186 valence electrons. The van der Waals surface area contributed by atoms with E-state index in [1.807, 2.05) is 24.1 Å². The normalized spacial score (nSPS) is 34.7. The molecule has 35 heavy (non-hydrogen) atoms. The van der Waals surface area contributed by atoms with Crippen LogP contribution in [0.5, 0.6) is 5.75 Å². The van der Waals surface area contributed by atoms with Crippen LogP contribution in [0.2, 0.25) is 0 Å². The highest BCUT2D eigenvalue weighted by molar-refractivity contribution is 5.91. The van der Waals surface area contributed by atoms with Crippen molar-refractivity contribution in [2.45, 2.75) is 67.7 Å². The summed E-state index contributed by atoms with van der Waals surface area (Å²) in [7, 11) is 1.87. The Labute approximate surface area is 212 Å². The van der Waals surface area contributed by atoms with Gasteiger partial charge in [-0.15, -0.1) is 12.4 Å². The second-order valence-electron chi connectivity index (χ2n) is 11.0. The van der Waals surface area contributed by atoms with Crippen molar-refractivity contribution in [3.05, 3.63) is 59.6 Å². The van der Waals surface area contributed by atoms with E-state index in [2.05, 4.69) is 23.1 Å². The summed E-state index contributed by atoms with van der Waals surface area (Å²) in [5.41, 5.74) is 1.27. The first kappa shape index (κ1) is 23.1. The van der Waals surface area contributed by atoms with Gasteiger partial charge in [0, 0.05) is 31.3 Å². The predicted octanol–water partition coefficient (Wildman–Crippen LogP) is 3.81. The zero-order valence-electron chi connectivity index (χ0n) is 20.1. The highest BCUT2D eigenvalue weighted by Crippen LogP contribution is 2.64. The number of benzene rings is 1. The Kier molecular flexibility index (Phi) is 5.37. The first-order valence-electron chi connectivity index (χ1n) is 12.7. The third-order valence-electron chi connectivity index (χ3n) is 9.41. The lowest BCUT2D eigenvalue weighted by molar-refractivity contribution is -0.200. The van der Waals surface area contributed by atoms with Gasteiger partial charge in [0.25, 0.3) is 0 Å².